The second kappa shape index (κ2) is 7.32. The minimum Gasteiger partial charge on any atom is -0.456 e. The average molecular weight is 290 g/mol. The number of rotatable bonds is 6. The number of nitrogens with one attached hydrogen (secondary N) is 1. The molecule has 0 aromatic heterocycles. The Kier molecular flexibility index (Phi) is 5.45. The Morgan fingerprint density at radius 1 is 1.05 bits per heavy atom. The van der Waals surface area contributed by atoms with Crippen LogP contribution < -0.4 is 10.1 Å². The minimum absolute atomic E-state index is 0.621. The molecule has 2 aromatic rings. The summed E-state index contributed by atoms with van der Waals surface area (Å²) in [6.07, 6.45) is 0. The van der Waals surface area contributed by atoms with Crippen LogP contribution in [0.3, 0.4) is 0 Å². The lowest BCUT2D eigenvalue weighted by molar-refractivity contribution is 0.482. The van der Waals surface area contributed by atoms with Crippen LogP contribution in [-0.2, 0) is 6.54 Å². The van der Waals surface area contributed by atoms with Crippen molar-refractivity contribution in [2.45, 2.75) is 20.4 Å². The molecule has 2 rings (SSSR count). The Labute approximate surface area is 125 Å². The van der Waals surface area contributed by atoms with Crippen molar-refractivity contribution in [2.24, 2.45) is 5.92 Å². The van der Waals surface area contributed by atoms with E-state index < -0.39 is 0 Å². The molecular weight excluding hydrogens is 270 g/mol. The first-order valence-corrected chi connectivity index (χ1v) is 7.25. The van der Waals surface area contributed by atoms with Crippen LogP contribution in [0.4, 0.5) is 0 Å². The van der Waals surface area contributed by atoms with E-state index >= 15 is 0 Å². The Bertz CT molecular complexity index is 537. The van der Waals surface area contributed by atoms with Gasteiger partial charge in [0, 0.05) is 6.54 Å². The third kappa shape index (κ3) is 4.55. The predicted octanol–water partition coefficient (Wildman–Crippen LogP) is 4.88. The predicted molar refractivity (Wildman–Crippen MR) is 84.5 cm³/mol. The third-order valence-corrected chi connectivity index (χ3v) is 3.18. The summed E-state index contributed by atoms with van der Waals surface area (Å²) in [4.78, 5) is 0. The third-order valence-electron chi connectivity index (χ3n) is 2.87. The average Bonchev–Trinajstić information content (AvgIpc) is 2.43. The fourth-order valence-electron chi connectivity index (χ4n) is 1.83. The Hall–Kier alpha value is -1.51. The molecule has 3 heteroatoms. The molecule has 0 radical (unpaired) electrons. The Morgan fingerprint density at radius 2 is 1.75 bits per heavy atom. The fraction of sp³-hybridized carbons (Fsp3) is 0.294. The highest BCUT2D eigenvalue weighted by Crippen LogP contribution is 2.28. The summed E-state index contributed by atoms with van der Waals surface area (Å²) >= 11 is 6.07. The van der Waals surface area contributed by atoms with Gasteiger partial charge in [0.25, 0.3) is 0 Å². The molecule has 0 bridgehead atoms. The fourth-order valence-corrected chi connectivity index (χ4v) is 2.01. The molecule has 0 aliphatic rings. The Morgan fingerprint density at radius 3 is 2.40 bits per heavy atom. The molecule has 0 heterocycles. The largest absolute Gasteiger partial charge is 0.456 e. The molecule has 0 spiro atoms. The number of hydrogen-bond acceptors (Lipinski definition) is 2. The summed E-state index contributed by atoms with van der Waals surface area (Å²) in [5, 5.41) is 4.04. The minimum atomic E-state index is 0.621. The lowest BCUT2D eigenvalue weighted by Gasteiger charge is -2.09. The molecule has 1 N–H and O–H groups in total. The maximum Gasteiger partial charge on any atom is 0.146 e. The zero-order valence-corrected chi connectivity index (χ0v) is 12.7. The molecule has 0 saturated heterocycles. The van der Waals surface area contributed by atoms with Gasteiger partial charge < -0.3 is 10.1 Å². The van der Waals surface area contributed by atoms with Gasteiger partial charge in [-0.1, -0.05) is 49.7 Å². The van der Waals surface area contributed by atoms with E-state index in [4.69, 9.17) is 16.3 Å². The number of ether oxygens (including phenoxy) is 1. The number of halogens is 1. The van der Waals surface area contributed by atoms with Gasteiger partial charge in [-0.05, 0) is 42.3 Å². The van der Waals surface area contributed by atoms with Crippen LogP contribution >= 0.6 is 11.6 Å². The summed E-state index contributed by atoms with van der Waals surface area (Å²) in [5.41, 5.74) is 1.25. The second-order valence-electron chi connectivity index (χ2n) is 5.20. The lowest BCUT2D eigenvalue weighted by Crippen LogP contribution is -2.18. The van der Waals surface area contributed by atoms with Crippen molar-refractivity contribution in [1.29, 1.82) is 0 Å². The van der Waals surface area contributed by atoms with Gasteiger partial charge in [0.05, 0.1) is 5.02 Å². The number of benzene rings is 2. The first kappa shape index (κ1) is 14.9. The monoisotopic (exact) mass is 289 g/mol. The first-order valence-electron chi connectivity index (χ1n) is 6.87. The highest BCUT2D eigenvalue weighted by molar-refractivity contribution is 6.32. The van der Waals surface area contributed by atoms with Crippen LogP contribution in [-0.4, -0.2) is 6.54 Å². The van der Waals surface area contributed by atoms with Gasteiger partial charge in [-0.3, -0.25) is 0 Å². The smallest absolute Gasteiger partial charge is 0.146 e. The van der Waals surface area contributed by atoms with E-state index in [1.807, 2.05) is 36.4 Å². The zero-order valence-electron chi connectivity index (χ0n) is 11.9. The van der Waals surface area contributed by atoms with Crippen molar-refractivity contribution < 1.29 is 4.74 Å². The molecule has 2 aromatic carbocycles. The lowest BCUT2D eigenvalue weighted by atomic mass is 10.2. The van der Waals surface area contributed by atoms with Crippen molar-refractivity contribution in [3.63, 3.8) is 0 Å². The van der Waals surface area contributed by atoms with E-state index in [1.165, 1.54) is 5.56 Å². The van der Waals surface area contributed by atoms with Gasteiger partial charge in [-0.2, -0.15) is 0 Å². The van der Waals surface area contributed by atoms with Gasteiger partial charge >= 0.3 is 0 Å². The summed E-state index contributed by atoms with van der Waals surface area (Å²) in [7, 11) is 0. The first-order chi connectivity index (χ1) is 9.65. The maximum atomic E-state index is 6.07. The molecule has 2 nitrogen and oxygen atoms in total. The Balaban J connectivity index is 1.93. The summed E-state index contributed by atoms with van der Waals surface area (Å²) in [6.45, 7) is 6.31. The van der Waals surface area contributed by atoms with Crippen LogP contribution in [0.5, 0.6) is 11.5 Å². The van der Waals surface area contributed by atoms with Crippen molar-refractivity contribution in [3.8, 4) is 11.5 Å². The van der Waals surface area contributed by atoms with Crippen molar-refractivity contribution >= 4 is 11.6 Å². The van der Waals surface area contributed by atoms with Gasteiger partial charge in [-0.25, -0.2) is 0 Å². The standard InChI is InChI=1S/C17H20ClNO/c1-13(2)11-19-12-14-7-9-15(10-8-14)20-17-6-4-3-5-16(17)18/h3-10,13,19H,11-12H2,1-2H3. The molecule has 0 amide bonds. The quantitative estimate of drug-likeness (QED) is 0.818. The molecule has 106 valence electrons. The van der Waals surface area contributed by atoms with E-state index in [2.05, 4.69) is 31.3 Å². The van der Waals surface area contributed by atoms with Crippen molar-refractivity contribution in [2.75, 3.05) is 6.54 Å². The van der Waals surface area contributed by atoms with Crippen LogP contribution in [0.1, 0.15) is 19.4 Å². The van der Waals surface area contributed by atoms with Crippen LogP contribution in [0.15, 0.2) is 48.5 Å². The summed E-state index contributed by atoms with van der Waals surface area (Å²) in [6, 6.07) is 15.6. The summed E-state index contributed by atoms with van der Waals surface area (Å²) in [5.74, 6) is 2.14. The highest BCUT2D eigenvalue weighted by atomic mass is 35.5. The molecule has 0 unspecified atom stereocenters. The molecule has 20 heavy (non-hydrogen) atoms. The van der Waals surface area contributed by atoms with E-state index in [1.54, 1.807) is 0 Å². The van der Waals surface area contributed by atoms with E-state index in [0.717, 1.165) is 18.8 Å². The van der Waals surface area contributed by atoms with Crippen LogP contribution in [0.2, 0.25) is 5.02 Å². The van der Waals surface area contributed by atoms with E-state index in [0.29, 0.717) is 16.7 Å². The normalized spacial score (nSPS) is 10.8. The highest BCUT2D eigenvalue weighted by Gasteiger charge is 2.02. The van der Waals surface area contributed by atoms with Crippen molar-refractivity contribution in [1.82, 2.24) is 5.32 Å². The molecular formula is C17H20ClNO. The van der Waals surface area contributed by atoms with Gasteiger partial charge in [-0.15, -0.1) is 0 Å². The van der Waals surface area contributed by atoms with E-state index in [9.17, 15) is 0 Å². The SMILES string of the molecule is CC(C)CNCc1ccc(Oc2ccccc2Cl)cc1. The van der Waals surface area contributed by atoms with Gasteiger partial charge in [0.1, 0.15) is 11.5 Å². The van der Waals surface area contributed by atoms with E-state index in [-0.39, 0.29) is 0 Å². The molecule has 0 atom stereocenters. The van der Waals surface area contributed by atoms with Crippen LogP contribution in [0, 0.1) is 5.92 Å². The molecule has 0 fully saturated rings. The topological polar surface area (TPSA) is 21.3 Å². The molecule has 0 aliphatic heterocycles. The number of hydrogen-bond donors (Lipinski definition) is 1. The molecule has 0 aliphatic carbocycles. The number of para-hydroxylation sites is 1. The zero-order chi connectivity index (χ0) is 14.4. The van der Waals surface area contributed by atoms with Gasteiger partial charge in [0.2, 0.25) is 0 Å². The summed E-state index contributed by atoms with van der Waals surface area (Å²) < 4.78 is 5.75. The second-order valence-corrected chi connectivity index (χ2v) is 5.61. The van der Waals surface area contributed by atoms with Gasteiger partial charge in [0.15, 0.2) is 0 Å². The maximum absolute atomic E-state index is 6.07. The van der Waals surface area contributed by atoms with Crippen LogP contribution in [0.25, 0.3) is 0 Å². The molecule has 0 saturated carbocycles. The van der Waals surface area contributed by atoms with Crippen molar-refractivity contribution in [3.05, 3.63) is 59.1 Å².